The van der Waals surface area contributed by atoms with Crippen molar-refractivity contribution in [2.45, 2.75) is 19.1 Å². The van der Waals surface area contributed by atoms with Gasteiger partial charge in [0.15, 0.2) is 5.56 Å². The predicted molar refractivity (Wildman–Crippen MR) is 149 cm³/mol. The van der Waals surface area contributed by atoms with Gasteiger partial charge < -0.3 is 9.94 Å². The van der Waals surface area contributed by atoms with Crippen molar-refractivity contribution in [2.24, 2.45) is 5.16 Å². The molecule has 41 heavy (non-hydrogen) atoms. The smallest absolute Gasteiger partial charge is 0.392 e. The molecule has 0 saturated heterocycles. The summed E-state index contributed by atoms with van der Waals surface area (Å²) in [4.78, 5) is 22.4. The lowest BCUT2D eigenvalue weighted by Gasteiger charge is -2.11. The van der Waals surface area contributed by atoms with Crippen molar-refractivity contribution < 1.29 is 27.7 Å². The third-order valence-corrected chi connectivity index (χ3v) is 6.50. The molecule has 5 aromatic rings. The van der Waals surface area contributed by atoms with Crippen LogP contribution in [0.15, 0.2) is 101 Å². The van der Waals surface area contributed by atoms with Gasteiger partial charge in [0.1, 0.15) is 18.3 Å². The van der Waals surface area contributed by atoms with Crippen LogP contribution in [-0.2, 0) is 11.4 Å². The third kappa shape index (κ3) is 6.55. The fourth-order valence-electron chi connectivity index (χ4n) is 4.34. The van der Waals surface area contributed by atoms with Gasteiger partial charge in [-0.25, -0.2) is 9.78 Å². The van der Waals surface area contributed by atoms with Gasteiger partial charge in [-0.15, -0.1) is 0 Å². The van der Waals surface area contributed by atoms with Crippen LogP contribution in [0.1, 0.15) is 17.5 Å². The van der Waals surface area contributed by atoms with E-state index in [0.717, 1.165) is 16.7 Å². The molecular weight excluding hydrogens is 557 g/mol. The fraction of sp³-hybridized carbons (Fsp3) is 0.133. The highest BCUT2D eigenvalue weighted by Gasteiger charge is 2.27. The Morgan fingerprint density at radius 1 is 1.00 bits per heavy atom. The molecule has 0 unspecified atom stereocenters. The van der Waals surface area contributed by atoms with Crippen molar-refractivity contribution in [3.8, 4) is 28.1 Å². The van der Waals surface area contributed by atoms with Gasteiger partial charge in [-0.05, 0) is 46.5 Å². The summed E-state index contributed by atoms with van der Waals surface area (Å²) >= 11 is 5.93. The van der Waals surface area contributed by atoms with E-state index >= 15 is 0 Å². The number of hydrogen-bond donors (Lipinski definition) is 1. The number of aromatic hydroxyl groups is 1. The van der Waals surface area contributed by atoms with Crippen LogP contribution in [0, 0.1) is 0 Å². The Kier molecular flexibility index (Phi) is 8.02. The second-order valence-electron chi connectivity index (χ2n) is 9.15. The van der Waals surface area contributed by atoms with Crippen LogP contribution in [0.2, 0.25) is 5.15 Å². The first-order chi connectivity index (χ1) is 19.7. The minimum absolute atomic E-state index is 0.119. The first-order valence-corrected chi connectivity index (χ1v) is 12.9. The van der Waals surface area contributed by atoms with Gasteiger partial charge in [0.25, 0.3) is 11.5 Å². The molecular formula is C30H23ClF3N4O3+. The number of fused-ring (bicyclic) bond motifs is 1. The van der Waals surface area contributed by atoms with Crippen LogP contribution in [0.3, 0.4) is 0 Å². The van der Waals surface area contributed by atoms with Crippen molar-refractivity contribution in [3.63, 3.8) is 0 Å². The highest BCUT2D eigenvalue weighted by Crippen LogP contribution is 2.29. The number of nitrogens with zero attached hydrogens (tertiary/aromatic N) is 4. The van der Waals surface area contributed by atoms with E-state index in [1.54, 1.807) is 83.7 Å². The third-order valence-electron chi connectivity index (χ3n) is 6.28. The molecule has 0 fully saturated rings. The molecule has 0 spiro atoms. The van der Waals surface area contributed by atoms with E-state index in [2.05, 4.69) is 10.1 Å². The Morgan fingerprint density at radius 2 is 1.76 bits per heavy atom. The maximum absolute atomic E-state index is 13.6. The standard InChI is InChI=1S/C30H22ClF3N4O3/c31-25-11-10-21(17-35-25)19-38-26-9-1-2-13-37(26)28(39)27(29(38)40)24-8-4-7-23(16-24)22-6-3-5-20(15-22)18-36-41-14-12-30(32,33)34/h1-11,13,15-18H,12,14,19H2/p+1/b36-18+. The van der Waals surface area contributed by atoms with Crippen molar-refractivity contribution in [1.82, 2.24) is 9.38 Å². The van der Waals surface area contributed by atoms with Gasteiger partial charge in [0.05, 0.1) is 18.8 Å². The topological polar surface area (TPSA) is 80.1 Å². The number of alkyl halides is 3. The Balaban J connectivity index is 1.50. The van der Waals surface area contributed by atoms with Crippen LogP contribution in [0.5, 0.6) is 5.88 Å². The molecule has 3 heterocycles. The molecule has 1 N–H and O–H groups in total. The molecule has 11 heteroatoms. The highest BCUT2D eigenvalue weighted by molar-refractivity contribution is 6.29. The Bertz CT molecular complexity index is 1790. The van der Waals surface area contributed by atoms with E-state index < -0.39 is 24.8 Å². The maximum Gasteiger partial charge on any atom is 0.392 e. The van der Waals surface area contributed by atoms with Crippen molar-refractivity contribution >= 4 is 23.5 Å². The minimum atomic E-state index is -4.31. The molecule has 0 aliphatic rings. The van der Waals surface area contributed by atoms with Crippen LogP contribution >= 0.6 is 11.6 Å². The van der Waals surface area contributed by atoms with Crippen LogP contribution in [0.25, 0.3) is 27.9 Å². The number of aromatic nitrogens is 3. The average molecular weight is 580 g/mol. The number of rotatable bonds is 8. The zero-order chi connectivity index (χ0) is 29.0. The molecule has 0 aliphatic heterocycles. The van der Waals surface area contributed by atoms with E-state index in [0.29, 0.717) is 21.9 Å². The van der Waals surface area contributed by atoms with Gasteiger partial charge in [0.2, 0.25) is 0 Å². The van der Waals surface area contributed by atoms with Crippen LogP contribution < -0.4 is 10.1 Å². The van der Waals surface area contributed by atoms with Crippen molar-refractivity contribution in [1.29, 1.82) is 0 Å². The van der Waals surface area contributed by atoms with Crippen molar-refractivity contribution in [3.05, 3.63) is 118 Å². The molecule has 7 nitrogen and oxygen atoms in total. The summed E-state index contributed by atoms with van der Waals surface area (Å²) in [6.45, 7) is -0.329. The average Bonchev–Trinajstić information content (AvgIpc) is 2.96. The molecule has 5 rings (SSSR count). The molecule has 208 valence electrons. The highest BCUT2D eigenvalue weighted by atomic mass is 35.5. The molecule has 0 saturated carbocycles. The van der Waals surface area contributed by atoms with Gasteiger partial charge in [-0.1, -0.05) is 65.3 Å². The van der Waals surface area contributed by atoms with Crippen LogP contribution in [-0.4, -0.2) is 33.5 Å². The Hall–Kier alpha value is -4.70. The number of hydrogen-bond acceptors (Lipinski definition) is 5. The summed E-state index contributed by atoms with van der Waals surface area (Å²) in [7, 11) is 0. The zero-order valence-electron chi connectivity index (χ0n) is 21.4. The first kappa shape index (κ1) is 27.9. The summed E-state index contributed by atoms with van der Waals surface area (Å²) in [6, 6.07) is 23.0. The summed E-state index contributed by atoms with van der Waals surface area (Å²) in [6.07, 6.45) is -0.818. The lowest BCUT2D eigenvalue weighted by molar-refractivity contribution is -0.671. The minimum Gasteiger partial charge on any atom is -0.477 e. The molecule has 0 bridgehead atoms. The largest absolute Gasteiger partial charge is 0.477 e. The summed E-state index contributed by atoms with van der Waals surface area (Å²) in [5.74, 6) is -0.204. The summed E-state index contributed by atoms with van der Waals surface area (Å²) in [5.41, 5.74) is 3.64. The second-order valence-corrected chi connectivity index (χ2v) is 9.53. The van der Waals surface area contributed by atoms with Crippen LogP contribution in [0.4, 0.5) is 13.2 Å². The van der Waals surface area contributed by atoms with E-state index in [-0.39, 0.29) is 18.0 Å². The molecule has 0 amide bonds. The quantitative estimate of drug-likeness (QED) is 0.0801. The van der Waals surface area contributed by atoms with E-state index in [1.807, 2.05) is 12.1 Å². The van der Waals surface area contributed by atoms with E-state index in [4.69, 9.17) is 16.4 Å². The monoisotopic (exact) mass is 579 g/mol. The normalized spacial score (nSPS) is 11.8. The van der Waals surface area contributed by atoms with Gasteiger partial charge in [0, 0.05) is 17.8 Å². The molecule has 0 aliphatic carbocycles. The first-order valence-electron chi connectivity index (χ1n) is 12.5. The van der Waals surface area contributed by atoms with Gasteiger partial charge in [-0.3, -0.25) is 0 Å². The van der Waals surface area contributed by atoms with E-state index in [1.165, 1.54) is 10.6 Å². The molecule has 0 radical (unpaired) electrons. The lowest BCUT2D eigenvalue weighted by Crippen LogP contribution is -2.41. The second kappa shape index (κ2) is 11.8. The van der Waals surface area contributed by atoms with Gasteiger partial charge >= 0.3 is 11.7 Å². The summed E-state index contributed by atoms with van der Waals surface area (Å²) < 4.78 is 40.0. The SMILES string of the molecule is O=c1c(-c2cccc(-c3cccc(/C=N/OCCC(F)(F)F)c3)c2)c(O)[n+](Cc2ccc(Cl)nc2)c2ccccn12. The maximum atomic E-state index is 13.6. The Labute approximate surface area is 237 Å². The zero-order valence-corrected chi connectivity index (χ0v) is 22.2. The molecule has 2 aromatic carbocycles. The number of benzene rings is 2. The predicted octanol–water partition coefficient (Wildman–Crippen LogP) is 6.03. The molecule has 3 aromatic heterocycles. The Morgan fingerprint density at radius 3 is 2.51 bits per heavy atom. The molecule has 0 atom stereocenters. The number of pyridine rings is 2. The number of halogens is 4. The van der Waals surface area contributed by atoms with Gasteiger partial charge in [-0.2, -0.15) is 22.1 Å². The van der Waals surface area contributed by atoms with Crippen molar-refractivity contribution in [2.75, 3.05) is 6.61 Å². The fourth-order valence-corrected chi connectivity index (χ4v) is 4.45. The van der Waals surface area contributed by atoms with E-state index in [9.17, 15) is 23.1 Å². The lowest BCUT2D eigenvalue weighted by atomic mass is 9.99. The number of oxime groups is 1. The summed E-state index contributed by atoms with van der Waals surface area (Å²) in [5, 5.41) is 15.4.